The van der Waals surface area contributed by atoms with Gasteiger partial charge in [-0.05, 0) is 59.1 Å². The second-order valence-electron chi connectivity index (χ2n) is 13.0. The number of allylic oxidation sites excluding steroid dienone is 1. The van der Waals surface area contributed by atoms with E-state index in [0.717, 1.165) is 19.1 Å². The Hall–Kier alpha value is -6.42. The summed E-state index contributed by atoms with van der Waals surface area (Å²) in [5.74, 6) is -2.74. The monoisotopic (exact) mass is 1190 g/mol. The molecular formula is C50H72F18O11. The summed E-state index contributed by atoms with van der Waals surface area (Å²) in [7, 11) is 0. The average molecular weight is 1190 g/mol. The molecule has 0 aromatic heterocycles. The lowest BCUT2D eigenvalue weighted by Crippen LogP contribution is -2.51. The average Bonchev–Trinajstić information content (AvgIpc) is 3.34. The van der Waals surface area contributed by atoms with E-state index in [-0.39, 0.29) is 50.4 Å². The first kappa shape index (κ1) is 95.0. The second-order valence-corrected chi connectivity index (χ2v) is 13.0. The Morgan fingerprint density at radius 2 is 0.797 bits per heavy atom. The van der Waals surface area contributed by atoms with Crippen LogP contribution in [0.5, 0.6) is 0 Å². The van der Waals surface area contributed by atoms with Crippen LogP contribution in [0.3, 0.4) is 0 Å². The van der Waals surface area contributed by atoms with Crippen LogP contribution in [0, 0.1) is 5.41 Å². The summed E-state index contributed by atoms with van der Waals surface area (Å²) in [5, 5.41) is 0. The van der Waals surface area contributed by atoms with E-state index in [1.807, 2.05) is 27.7 Å². The minimum atomic E-state index is -5.51. The molecule has 1 aromatic carbocycles. The Labute approximate surface area is 449 Å². The predicted octanol–water partition coefficient (Wildman–Crippen LogP) is 17.3. The molecule has 0 unspecified atom stereocenters. The van der Waals surface area contributed by atoms with Crippen molar-refractivity contribution in [1.82, 2.24) is 0 Å². The molecule has 0 aliphatic carbocycles. The van der Waals surface area contributed by atoms with Gasteiger partial charge in [0, 0.05) is 18.1 Å². The van der Waals surface area contributed by atoms with E-state index < -0.39 is 109 Å². The van der Waals surface area contributed by atoms with Crippen LogP contribution in [0.2, 0.25) is 0 Å². The van der Waals surface area contributed by atoms with Crippen LogP contribution in [0.25, 0.3) is 0 Å². The third kappa shape index (κ3) is 46.2. The Balaban J connectivity index is -0.0000000940. The number of benzene rings is 1. The van der Waals surface area contributed by atoms with Gasteiger partial charge in [-0.3, -0.25) is 9.59 Å². The van der Waals surface area contributed by atoms with Gasteiger partial charge in [-0.1, -0.05) is 78.6 Å². The molecule has 0 radical (unpaired) electrons. The zero-order valence-electron chi connectivity index (χ0n) is 45.9. The number of ketones is 1. The van der Waals surface area contributed by atoms with Crippen LogP contribution in [0.15, 0.2) is 100 Å². The summed E-state index contributed by atoms with van der Waals surface area (Å²) in [6.45, 7) is 41.2. The number of rotatable bonds is 14. The Bertz CT molecular complexity index is 1800. The summed E-state index contributed by atoms with van der Waals surface area (Å²) in [5.41, 5.74) is -10.2. The predicted molar refractivity (Wildman–Crippen MR) is 263 cm³/mol. The molecule has 0 bridgehead atoms. The van der Waals surface area contributed by atoms with Gasteiger partial charge in [0.1, 0.15) is 12.2 Å². The zero-order valence-corrected chi connectivity index (χ0v) is 45.9. The van der Waals surface area contributed by atoms with Crippen molar-refractivity contribution < 1.29 is 131 Å². The van der Waals surface area contributed by atoms with E-state index in [1.54, 1.807) is 6.92 Å². The van der Waals surface area contributed by atoms with Gasteiger partial charge in [0.2, 0.25) is 0 Å². The molecule has 1 rings (SSSR count). The summed E-state index contributed by atoms with van der Waals surface area (Å²) in [4.78, 5) is 60.0. The van der Waals surface area contributed by atoms with E-state index in [1.165, 1.54) is 27.7 Å². The van der Waals surface area contributed by atoms with Gasteiger partial charge in [0.05, 0.1) is 33.0 Å². The van der Waals surface area contributed by atoms with Gasteiger partial charge in [-0.25, -0.2) is 19.2 Å². The maximum absolute atomic E-state index is 12.9. The van der Waals surface area contributed by atoms with Crippen molar-refractivity contribution in [3.8, 4) is 0 Å². The minimum absolute atomic E-state index is 0.00684. The number of carbonyl (C=O) groups excluding carboxylic acids is 6. The molecule has 1 aromatic rings. The van der Waals surface area contributed by atoms with Crippen LogP contribution in [-0.2, 0) is 43.5 Å². The number of Topliss-reactive ketones (excluding diaryl/α,β-unsaturated/α-hetero) is 1. The highest BCUT2D eigenvalue weighted by Gasteiger charge is 2.69. The lowest BCUT2D eigenvalue weighted by Gasteiger charge is -2.34. The fraction of sp³-hybridized carbons (Fsp3) is 0.520. The number of hydrogen-bond donors (Lipinski definition) is 0. The Kier molecular flexibility index (Phi) is 59.9. The molecule has 29 heteroatoms. The standard InChI is InChI=1S/C14H12F6O.C11H14F6O3.C7H9F3O2.2C3H5FO2.C2H3FO.2C2H6.3C2H4/c1-8(2)11(21)9-4-6-10(7-5-9)12(3,13(15,16)17)14(18,19)20;1-7(2)8(18)20-5-4-19-6-9(3,10(12,13)14)11(15,16)17;1-3-4-12-6(11)5(2)7(8,9)10;2*1-2-6-3(4)5;1-2(3)4;5*1-2/h4-7H,1H2,2-3H3;1,4-6H2,2-3H3;2-4H2,1H3;2*2H2,1H3;1H3;2*1-2H3;3*1-2H2. The van der Waals surface area contributed by atoms with E-state index >= 15 is 0 Å². The number of halogens is 18. The van der Waals surface area contributed by atoms with Gasteiger partial charge >= 0.3 is 55.3 Å². The number of carbonyl (C=O) groups is 6. The first-order valence-electron chi connectivity index (χ1n) is 22.0. The van der Waals surface area contributed by atoms with Crippen molar-refractivity contribution in [2.75, 3.05) is 39.6 Å². The summed E-state index contributed by atoms with van der Waals surface area (Å²) >= 11 is 0. The maximum atomic E-state index is 12.9. The van der Waals surface area contributed by atoms with Crippen molar-refractivity contribution in [2.45, 2.75) is 126 Å². The van der Waals surface area contributed by atoms with Gasteiger partial charge in [0.15, 0.2) is 16.6 Å². The normalized spacial score (nSPS) is 10.3. The van der Waals surface area contributed by atoms with E-state index in [0.29, 0.717) is 18.6 Å². The van der Waals surface area contributed by atoms with Crippen molar-refractivity contribution in [3.05, 3.63) is 111 Å². The summed E-state index contributed by atoms with van der Waals surface area (Å²) < 4.78 is 240. The van der Waals surface area contributed by atoms with E-state index in [2.05, 4.69) is 82.9 Å². The van der Waals surface area contributed by atoms with Crippen LogP contribution in [0.1, 0.15) is 105 Å². The Morgan fingerprint density at radius 1 is 0.481 bits per heavy atom. The first-order valence-corrected chi connectivity index (χ1v) is 22.0. The van der Waals surface area contributed by atoms with Crippen molar-refractivity contribution in [2.24, 2.45) is 5.41 Å². The lowest BCUT2D eigenvalue weighted by molar-refractivity contribution is -0.345. The lowest BCUT2D eigenvalue weighted by atomic mass is 9.80. The largest absolute Gasteiger partial charge is 0.495 e. The molecule has 0 aliphatic heterocycles. The second kappa shape index (κ2) is 49.8. The fourth-order valence-corrected chi connectivity index (χ4v) is 3.23. The van der Waals surface area contributed by atoms with Crippen LogP contribution < -0.4 is 0 Å². The third-order valence-electron chi connectivity index (χ3n) is 7.24. The molecule has 0 fully saturated rings. The molecule has 0 N–H and O–H groups in total. The minimum Gasteiger partial charge on any atom is -0.462 e. The fourth-order valence-electron chi connectivity index (χ4n) is 3.23. The van der Waals surface area contributed by atoms with Crippen LogP contribution in [0.4, 0.5) is 88.6 Å². The summed E-state index contributed by atoms with van der Waals surface area (Å²) in [6.07, 6.45) is -29.6. The van der Waals surface area contributed by atoms with Crippen molar-refractivity contribution >= 4 is 36.2 Å². The molecule has 0 heterocycles. The number of alkyl halides is 15. The molecule has 0 saturated carbocycles. The molecule has 79 heavy (non-hydrogen) atoms. The van der Waals surface area contributed by atoms with Gasteiger partial charge in [-0.15, -0.1) is 48.3 Å². The third-order valence-corrected chi connectivity index (χ3v) is 7.24. The van der Waals surface area contributed by atoms with Gasteiger partial charge < -0.3 is 23.7 Å². The molecule has 11 nitrogen and oxygen atoms in total. The smallest absolute Gasteiger partial charge is 0.462 e. The Morgan fingerprint density at radius 3 is 1.01 bits per heavy atom. The quantitative estimate of drug-likeness (QED) is 0.0256. The SMILES string of the molecule is C=C.C=C.C=C.C=C(C(=O)OCCC)C(F)(F)F.C=C(C)C(=O)OCCOCC(C)(C(F)(F)F)C(F)(F)F.C=C(C)C(=O)c1ccc(C(C)(C(F)(F)F)C(F)(F)F)cc1.CC.CC.CC(=O)F.CCOC(=O)F.CCOC(=O)F. The molecule has 0 spiro atoms. The summed E-state index contributed by atoms with van der Waals surface area (Å²) in [6, 6.07) is 1.86. The molecule has 0 amide bonds. The topological polar surface area (TPSA) is 149 Å². The molecular weight excluding hydrogens is 1120 g/mol. The molecule has 464 valence electrons. The van der Waals surface area contributed by atoms with Crippen LogP contribution in [-0.4, -0.2) is 107 Å². The molecule has 0 atom stereocenters. The zero-order chi connectivity index (χ0) is 66.2. The molecule has 0 saturated heterocycles. The van der Waals surface area contributed by atoms with Crippen LogP contribution >= 0.6 is 0 Å². The highest BCUT2D eigenvalue weighted by atomic mass is 19.4. The van der Waals surface area contributed by atoms with Gasteiger partial charge in [-0.2, -0.15) is 70.2 Å². The first-order chi connectivity index (χ1) is 35.8. The number of hydrogen-bond acceptors (Lipinski definition) is 11. The van der Waals surface area contributed by atoms with E-state index in [4.69, 9.17) is 14.4 Å². The maximum Gasteiger partial charge on any atom is 0.495 e. The van der Waals surface area contributed by atoms with Crippen molar-refractivity contribution in [1.29, 1.82) is 0 Å². The number of esters is 2. The highest BCUT2D eigenvalue weighted by molar-refractivity contribution is 6.07. The highest BCUT2D eigenvalue weighted by Crippen LogP contribution is 2.52. The van der Waals surface area contributed by atoms with Crippen molar-refractivity contribution in [3.63, 3.8) is 0 Å². The van der Waals surface area contributed by atoms with E-state index in [9.17, 15) is 93.4 Å². The number of ether oxygens (including phenoxy) is 5. The van der Waals surface area contributed by atoms with Gasteiger partial charge in [0.25, 0.3) is 6.04 Å². The molecule has 0 aliphatic rings.